The quantitative estimate of drug-likeness (QED) is 0.896. The Morgan fingerprint density at radius 1 is 1.53 bits per heavy atom. The highest BCUT2D eigenvalue weighted by Gasteiger charge is 2.15. The van der Waals surface area contributed by atoms with Gasteiger partial charge in [0.25, 0.3) is 5.91 Å². The summed E-state index contributed by atoms with van der Waals surface area (Å²) in [6.07, 6.45) is 4.32. The molecule has 6 heteroatoms. The van der Waals surface area contributed by atoms with Gasteiger partial charge in [0.05, 0.1) is 6.04 Å². The SMILES string of the molecule is CCc1cnc(C(C)NC(=O)c2cc(N)ccn2)s1. The summed E-state index contributed by atoms with van der Waals surface area (Å²) >= 11 is 1.61. The van der Waals surface area contributed by atoms with E-state index < -0.39 is 0 Å². The molecule has 2 aromatic heterocycles. The van der Waals surface area contributed by atoms with Gasteiger partial charge in [-0.25, -0.2) is 4.98 Å². The van der Waals surface area contributed by atoms with Crippen molar-refractivity contribution in [2.75, 3.05) is 5.73 Å². The van der Waals surface area contributed by atoms with Crippen molar-refractivity contribution in [2.24, 2.45) is 0 Å². The van der Waals surface area contributed by atoms with Gasteiger partial charge in [-0.3, -0.25) is 9.78 Å². The van der Waals surface area contributed by atoms with E-state index in [0.29, 0.717) is 11.4 Å². The van der Waals surface area contributed by atoms with Crippen LogP contribution in [0.1, 0.15) is 40.3 Å². The number of aryl methyl sites for hydroxylation is 1. The summed E-state index contributed by atoms with van der Waals surface area (Å²) in [4.78, 5) is 21.5. The fraction of sp³-hybridized carbons (Fsp3) is 0.308. The summed E-state index contributed by atoms with van der Waals surface area (Å²) < 4.78 is 0. The number of rotatable bonds is 4. The highest BCUT2D eigenvalue weighted by Crippen LogP contribution is 2.20. The first kappa shape index (κ1) is 13.5. The second-order valence-electron chi connectivity index (χ2n) is 4.19. The molecule has 0 aliphatic heterocycles. The molecule has 0 saturated carbocycles. The van der Waals surface area contributed by atoms with Crippen molar-refractivity contribution >= 4 is 22.9 Å². The van der Waals surface area contributed by atoms with Crippen LogP contribution < -0.4 is 11.1 Å². The van der Waals surface area contributed by atoms with Crippen molar-refractivity contribution in [3.8, 4) is 0 Å². The Labute approximate surface area is 115 Å². The fourth-order valence-corrected chi connectivity index (χ4v) is 2.45. The first-order chi connectivity index (χ1) is 9.10. The number of amides is 1. The molecule has 5 nitrogen and oxygen atoms in total. The first-order valence-corrected chi connectivity index (χ1v) is 6.88. The third-order valence-corrected chi connectivity index (χ3v) is 3.98. The summed E-state index contributed by atoms with van der Waals surface area (Å²) in [5.41, 5.74) is 6.47. The molecule has 0 aromatic carbocycles. The summed E-state index contributed by atoms with van der Waals surface area (Å²) in [5.74, 6) is -0.243. The van der Waals surface area contributed by atoms with Gasteiger partial charge in [-0.05, 0) is 25.5 Å². The maximum absolute atomic E-state index is 12.0. The normalized spacial score (nSPS) is 12.1. The van der Waals surface area contributed by atoms with Crippen molar-refractivity contribution in [3.63, 3.8) is 0 Å². The van der Waals surface area contributed by atoms with E-state index in [9.17, 15) is 4.79 Å². The van der Waals surface area contributed by atoms with Crippen LogP contribution >= 0.6 is 11.3 Å². The van der Waals surface area contributed by atoms with Gasteiger partial charge in [-0.2, -0.15) is 0 Å². The topological polar surface area (TPSA) is 80.9 Å². The Morgan fingerprint density at radius 2 is 2.32 bits per heavy atom. The van der Waals surface area contributed by atoms with Crippen LogP contribution in [0.3, 0.4) is 0 Å². The highest BCUT2D eigenvalue weighted by molar-refractivity contribution is 7.11. The van der Waals surface area contributed by atoms with Crippen LogP contribution in [0.5, 0.6) is 0 Å². The minimum atomic E-state index is -0.243. The van der Waals surface area contributed by atoms with E-state index >= 15 is 0 Å². The second kappa shape index (κ2) is 5.79. The van der Waals surface area contributed by atoms with Crippen LogP contribution in [0, 0.1) is 0 Å². The molecule has 2 aromatic rings. The maximum Gasteiger partial charge on any atom is 0.270 e. The van der Waals surface area contributed by atoms with Gasteiger partial charge < -0.3 is 11.1 Å². The molecule has 2 rings (SSSR count). The average Bonchev–Trinajstić information content (AvgIpc) is 2.87. The van der Waals surface area contributed by atoms with Crippen LogP contribution in [-0.2, 0) is 6.42 Å². The Hall–Kier alpha value is -1.95. The molecular formula is C13H16N4OS. The zero-order valence-electron chi connectivity index (χ0n) is 10.9. The van der Waals surface area contributed by atoms with Gasteiger partial charge in [-0.15, -0.1) is 11.3 Å². The Bertz CT molecular complexity index is 582. The second-order valence-corrected chi connectivity index (χ2v) is 5.33. The molecular weight excluding hydrogens is 260 g/mol. The molecule has 1 unspecified atom stereocenters. The van der Waals surface area contributed by atoms with Crippen molar-refractivity contribution in [1.29, 1.82) is 0 Å². The van der Waals surface area contributed by atoms with Crippen molar-refractivity contribution in [3.05, 3.63) is 40.1 Å². The fourth-order valence-electron chi connectivity index (χ4n) is 1.59. The molecule has 2 heterocycles. The van der Waals surface area contributed by atoms with Crippen LogP contribution in [0.2, 0.25) is 0 Å². The minimum absolute atomic E-state index is 0.138. The van der Waals surface area contributed by atoms with Crippen molar-refractivity contribution < 1.29 is 4.79 Å². The molecule has 0 spiro atoms. The Kier molecular flexibility index (Phi) is 4.11. The van der Waals surface area contributed by atoms with E-state index in [1.54, 1.807) is 23.5 Å². The van der Waals surface area contributed by atoms with Gasteiger partial charge in [0.2, 0.25) is 0 Å². The number of pyridine rings is 1. The lowest BCUT2D eigenvalue weighted by Gasteiger charge is -2.10. The van der Waals surface area contributed by atoms with E-state index in [2.05, 4.69) is 22.2 Å². The van der Waals surface area contributed by atoms with E-state index in [4.69, 9.17) is 5.73 Å². The number of nitrogens with one attached hydrogen (secondary N) is 1. The number of carbonyl (C=O) groups is 1. The van der Waals surface area contributed by atoms with E-state index in [1.165, 1.54) is 11.1 Å². The number of thiazole rings is 1. The predicted octanol–water partition coefficient (Wildman–Crippen LogP) is 2.17. The number of hydrogen-bond donors (Lipinski definition) is 2. The predicted molar refractivity (Wildman–Crippen MR) is 76.0 cm³/mol. The number of carbonyl (C=O) groups excluding carboxylic acids is 1. The molecule has 1 atom stereocenters. The number of aromatic nitrogens is 2. The van der Waals surface area contributed by atoms with Gasteiger partial charge in [0, 0.05) is 23.0 Å². The zero-order valence-corrected chi connectivity index (χ0v) is 11.7. The largest absolute Gasteiger partial charge is 0.399 e. The molecule has 0 aliphatic rings. The third kappa shape index (κ3) is 3.29. The molecule has 1 amide bonds. The number of hydrogen-bond acceptors (Lipinski definition) is 5. The number of nitrogen functional groups attached to an aromatic ring is 1. The van der Waals surface area contributed by atoms with Crippen LogP contribution in [0.4, 0.5) is 5.69 Å². The molecule has 0 saturated heterocycles. The lowest BCUT2D eigenvalue weighted by molar-refractivity contribution is 0.0935. The summed E-state index contributed by atoms with van der Waals surface area (Å²) in [6.45, 7) is 3.99. The lowest BCUT2D eigenvalue weighted by Crippen LogP contribution is -2.27. The van der Waals surface area contributed by atoms with E-state index in [1.807, 2.05) is 13.1 Å². The van der Waals surface area contributed by atoms with Crippen LogP contribution in [0.15, 0.2) is 24.5 Å². The molecule has 100 valence electrons. The van der Waals surface area contributed by atoms with Crippen LogP contribution in [-0.4, -0.2) is 15.9 Å². The van der Waals surface area contributed by atoms with Gasteiger partial charge in [-0.1, -0.05) is 6.92 Å². The standard InChI is InChI=1S/C13H16N4OS/c1-3-10-7-16-13(19-10)8(2)17-12(18)11-6-9(14)4-5-15-11/h4-8H,3H2,1-2H3,(H2,14,15)(H,17,18). The summed E-state index contributed by atoms with van der Waals surface area (Å²) in [5, 5.41) is 3.77. The average molecular weight is 276 g/mol. The molecule has 0 aliphatic carbocycles. The highest BCUT2D eigenvalue weighted by atomic mass is 32.1. The number of nitrogens with two attached hydrogens (primary N) is 1. The van der Waals surface area contributed by atoms with Gasteiger partial charge >= 0.3 is 0 Å². The maximum atomic E-state index is 12.0. The molecule has 19 heavy (non-hydrogen) atoms. The van der Waals surface area contributed by atoms with E-state index in [-0.39, 0.29) is 11.9 Å². The van der Waals surface area contributed by atoms with Crippen molar-refractivity contribution in [2.45, 2.75) is 26.3 Å². The van der Waals surface area contributed by atoms with E-state index in [0.717, 1.165) is 11.4 Å². The first-order valence-electron chi connectivity index (χ1n) is 6.07. The van der Waals surface area contributed by atoms with Crippen LogP contribution in [0.25, 0.3) is 0 Å². The molecule has 3 N–H and O–H groups in total. The summed E-state index contributed by atoms with van der Waals surface area (Å²) in [6, 6.07) is 3.07. The van der Waals surface area contributed by atoms with Gasteiger partial charge in [0.15, 0.2) is 0 Å². The molecule has 0 fully saturated rings. The number of anilines is 1. The Balaban J connectivity index is 2.06. The van der Waals surface area contributed by atoms with Gasteiger partial charge in [0.1, 0.15) is 10.7 Å². The monoisotopic (exact) mass is 276 g/mol. The van der Waals surface area contributed by atoms with Crippen molar-refractivity contribution in [1.82, 2.24) is 15.3 Å². The smallest absolute Gasteiger partial charge is 0.270 e. The molecule has 0 bridgehead atoms. The third-order valence-electron chi connectivity index (χ3n) is 2.65. The zero-order chi connectivity index (χ0) is 13.8. The minimum Gasteiger partial charge on any atom is -0.399 e. The lowest BCUT2D eigenvalue weighted by atomic mass is 10.3. The summed E-state index contributed by atoms with van der Waals surface area (Å²) in [7, 11) is 0. The molecule has 0 radical (unpaired) electrons. The Morgan fingerprint density at radius 3 is 2.95 bits per heavy atom. The number of nitrogens with zero attached hydrogens (tertiary/aromatic N) is 2.